The van der Waals surface area contributed by atoms with E-state index >= 15 is 0 Å². The fourth-order valence-corrected chi connectivity index (χ4v) is 4.46. The molecule has 0 radical (unpaired) electrons. The highest BCUT2D eigenvalue weighted by atomic mass is 16.5. The Balaban J connectivity index is 1.72. The topological polar surface area (TPSA) is 59.8 Å². The highest BCUT2D eigenvalue weighted by Gasteiger charge is 2.23. The zero-order valence-corrected chi connectivity index (χ0v) is 22.0. The monoisotopic (exact) mass is 499 g/mol. The minimum Gasteiger partial charge on any atom is -0.493 e. The number of methoxy groups -OCH3 is 1. The second kappa shape index (κ2) is 13.1. The number of hydrogen-bond donors (Lipinski definition) is 1. The summed E-state index contributed by atoms with van der Waals surface area (Å²) in [6.07, 6.45) is 2.46. The molecule has 0 saturated heterocycles. The number of benzene rings is 3. The molecule has 6 heteroatoms. The van der Waals surface area contributed by atoms with Crippen molar-refractivity contribution in [3.8, 4) is 23.1 Å². The largest absolute Gasteiger partial charge is 0.493 e. The molecule has 3 aromatic carbocycles. The lowest BCUT2D eigenvalue weighted by atomic mass is 10.1. The van der Waals surface area contributed by atoms with Crippen LogP contribution in [0.5, 0.6) is 17.4 Å². The molecule has 0 saturated carbocycles. The predicted octanol–water partition coefficient (Wildman–Crippen LogP) is 6.53. The number of aryl methyl sites for hydroxylation is 1. The Morgan fingerprint density at radius 3 is 2.22 bits per heavy atom. The van der Waals surface area contributed by atoms with Crippen molar-refractivity contribution in [1.82, 2.24) is 14.7 Å². The summed E-state index contributed by atoms with van der Waals surface area (Å²) in [5.74, 6) is 1.93. The third-order valence-electron chi connectivity index (χ3n) is 6.40. The van der Waals surface area contributed by atoms with Crippen molar-refractivity contribution in [1.29, 1.82) is 0 Å². The Hall–Kier alpha value is -3.61. The molecule has 0 aliphatic carbocycles. The van der Waals surface area contributed by atoms with E-state index in [1.807, 2.05) is 72.3 Å². The van der Waals surface area contributed by atoms with Gasteiger partial charge < -0.3 is 14.6 Å². The molecule has 0 fully saturated rings. The minimum atomic E-state index is -0.397. The van der Waals surface area contributed by atoms with Gasteiger partial charge in [0.2, 0.25) is 5.88 Å². The molecule has 0 aliphatic heterocycles. The Kier molecular flexibility index (Phi) is 9.35. The number of para-hydroxylation sites is 3. The van der Waals surface area contributed by atoms with Crippen molar-refractivity contribution in [3.05, 3.63) is 102 Å². The summed E-state index contributed by atoms with van der Waals surface area (Å²) < 4.78 is 14.0. The molecule has 0 aliphatic rings. The van der Waals surface area contributed by atoms with Crippen LogP contribution in [0.1, 0.15) is 43.0 Å². The van der Waals surface area contributed by atoms with E-state index < -0.39 is 6.10 Å². The van der Waals surface area contributed by atoms with Gasteiger partial charge >= 0.3 is 0 Å². The minimum absolute atomic E-state index is 0.397. The molecular formula is C31H37N3O3. The van der Waals surface area contributed by atoms with E-state index in [2.05, 4.69) is 36.1 Å². The van der Waals surface area contributed by atoms with E-state index in [0.29, 0.717) is 37.0 Å². The van der Waals surface area contributed by atoms with Crippen molar-refractivity contribution in [2.24, 2.45) is 0 Å². The third-order valence-corrected chi connectivity index (χ3v) is 6.40. The highest BCUT2D eigenvalue weighted by Crippen LogP contribution is 2.36. The lowest BCUT2D eigenvalue weighted by molar-refractivity contribution is 0.0953. The molecule has 37 heavy (non-hydrogen) atoms. The molecule has 1 heterocycles. The lowest BCUT2D eigenvalue weighted by Gasteiger charge is -2.26. The van der Waals surface area contributed by atoms with Crippen molar-refractivity contribution in [3.63, 3.8) is 0 Å². The standard InChI is InChI=1S/C31H37N3O3/c1-4-5-18-27(35)22-33(21-25-14-8-6-9-15-25)23-28-24(2)32-34(26-16-10-7-11-17-26)31(28)37-30-20-13-12-19-29(30)36-3/h6-17,19-20,27,35H,4-5,18,21-23H2,1-3H3/t27-/m1/s1. The van der Waals surface area contributed by atoms with Gasteiger partial charge in [-0.25, -0.2) is 4.68 Å². The molecular weight excluding hydrogens is 462 g/mol. The second-order valence-electron chi connectivity index (χ2n) is 9.32. The summed E-state index contributed by atoms with van der Waals surface area (Å²) in [5, 5.41) is 15.7. The van der Waals surface area contributed by atoms with Crippen LogP contribution >= 0.6 is 0 Å². The zero-order valence-electron chi connectivity index (χ0n) is 22.0. The first-order valence-electron chi connectivity index (χ1n) is 13.0. The van der Waals surface area contributed by atoms with Crippen molar-refractivity contribution in [2.45, 2.75) is 52.3 Å². The number of ether oxygens (including phenoxy) is 2. The van der Waals surface area contributed by atoms with E-state index in [-0.39, 0.29) is 0 Å². The van der Waals surface area contributed by atoms with Crippen LogP contribution in [0, 0.1) is 6.92 Å². The van der Waals surface area contributed by atoms with Gasteiger partial charge in [-0.15, -0.1) is 0 Å². The summed E-state index contributed by atoms with van der Waals surface area (Å²) >= 11 is 0. The first-order valence-corrected chi connectivity index (χ1v) is 13.0. The van der Waals surface area contributed by atoms with Gasteiger partial charge in [-0.1, -0.05) is 80.4 Å². The third kappa shape index (κ3) is 7.00. The van der Waals surface area contributed by atoms with Crippen molar-refractivity contribution < 1.29 is 14.6 Å². The summed E-state index contributed by atoms with van der Waals surface area (Å²) in [6.45, 7) is 6.03. The number of aromatic nitrogens is 2. The summed E-state index contributed by atoms with van der Waals surface area (Å²) in [6, 6.07) is 28.0. The van der Waals surface area contributed by atoms with Crippen LogP contribution in [0.2, 0.25) is 0 Å². The maximum absolute atomic E-state index is 10.8. The molecule has 1 aromatic heterocycles. The van der Waals surface area contributed by atoms with Gasteiger partial charge in [-0.3, -0.25) is 4.90 Å². The van der Waals surface area contributed by atoms with Gasteiger partial charge in [-0.05, 0) is 43.2 Å². The van der Waals surface area contributed by atoms with E-state index in [1.54, 1.807) is 7.11 Å². The second-order valence-corrected chi connectivity index (χ2v) is 9.32. The van der Waals surface area contributed by atoms with Crippen LogP contribution < -0.4 is 9.47 Å². The Labute approximate surface area is 220 Å². The molecule has 0 amide bonds. The number of hydrogen-bond acceptors (Lipinski definition) is 5. The summed E-state index contributed by atoms with van der Waals surface area (Å²) in [7, 11) is 1.64. The zero-order chi connectivity index (χ0) is 26.0. The number of unbranched alkanes of at least 4 members (excludes halogenated alkanes) is 1. The first kappa shape index (κ1) is 26.5. The Morgan fingerprint density at radius 1 is 0.892 bits per heavy atom. The van der Waals surface area contributed by atoms with E-state index in [4.69, 9.17) is 14.6 Å². The first-order chi connectivity index (χ1) is 18.1. The quantitative estimate of drug-likeness (QED) is 0.226. The van der Waals surface area contributed by atoms with Gasteiger partial charge in [0.25, 0.3) is 0 Å². The fourth-order valence-electron chi connectivity index (χ4n) is 4.46. The molecule has 4 rings (SSSR count). The number of nitrogens with zero attached hydrogens (tertiary/aromatic N) is 3. The molecule has 0 unspecified atom stereocenters. The van der Waals surface area contributed by atoms with Gasteiger partial charge in [0.15, 0.2) is 11.5 Å². The van der Waals surface area contributed by atoms with Crippen LogP contribution in [-0.2, 0) is 13.1 Å². The Morgan fingerprint density at radius 2 is 1.54 bits per heavy atom. The van der Waals surface area contributed by atoms with Crippen LogP contribution in [-0.4, -0.2) is 39.5 Å². The summed E-state index contributed by atoms with van der Waals surface area (Å²) in [4.78, 5) is 2.28. The molecule has 1 atom stereocenters. The molecule has 4 aromatic rings. The summed E-state index contributed by atoms with van der Waals surface area (Å²) in [5.41, 5.74) is 3.98. The van der Waals surface area contributed by atoms with Crippen molar-refractivity contribution in [2.75, 3.05) is 13.7 Å². The number of rotatable bonds is 13. The van der Waals surface area contributed by atoms with Crippen LogP contribution in [0.4, 0.5) is 0 Å². The number of aliphatic hydroxyl groups excluding tert-OH is 1. The van der Waals surface area contributed by atoms with Crippen LogP contribution in [0.25, 0.3) is 5.69 Å². The SMILES string of the molecule is CCCC[C@@H](O)CN(Cc1ccccc1)Cc1c(C)nn(-c2ccccc2)c1Oc1ccccc1OC. The van der Waals surface area contributed by atoms with Gasteiger partial charge in [0.05, 0.1) is 30.2 Å². The maximum atomic E-state index is 10.8. The molecule has 1 N–H and O–H groups in total. The molecule has 0 bridgehead atoms. The smallest absolute Gasteiger partial charge is 0.227 e. The van der Waals surface area contributed by atoms with Gasteiger partial charge in [0.1, 0.15) is 0 Å². The van der Waals surface area contributed by atoms with Gasteiger partial charge in [-0.2, -0.15) is 5.10 Å². The molecule has 194 valence electrons. The average Bonchev–Trinajstić information content (AvgIpc) is 3.23. The van der Waals surface area contributed by atoms with Crippen molar-refractivity contribution >= 4 is 0 Å². The fraction of sp³-hybridized carbons (Fsp3) is 0.323. The average molecular weight is 500 g/mol. The van der Waals surface area contributed by atoms with Gasteiger partial charge in [0, 0.05) is 19.6 Å². The lowest BCUT2D eigenvalue weighted by Crippen LogP contribution is -2.32. The van der Waals surface area contributed by atoms with E-state index in [9.17, 15) is 5.11 Å². The van der Waals surface area contributed by atoms with Crippen LogP contribution in [0.15, 0.2) is 84.9 Å². The van der Waals surface area contributed by atoms with Crippen LogP contribution in [0.3, 0.4) is 0 Å². The molecule has 6 nitrogen and oxygen atoms in total. The highest BCUT2D eigenvalue weighted by molar-refractivity contribution is 5.47. The number of aliphatic hydroxyl groups is 1. The predicted molar refractivity (Wildman–Crippen MR) is 147 cm³/mol. The molecule has 0 spiro atoms. The maximum Gasteiger partial charge on any atom is 0.227 e. The van der Waals surface area contributed by atoms with E-state index in [1.165, 1.54) is 5.56 Å². The Bertz CT molecular complexity index is 1240. The van der Waals surface area contributed by atoms with E-state index in [0.717, 1.165) is 36.2 Å². The normalized spacial score (nSPS) is 12.0.